The summed E-state index contributed by atoms with van der Waals surface area (Å²) in [6, 6.07) is 5.96. The number of carbonyl (C=O) groups is 2. The van der Waals surface area contributed by atoms with Gasteiger partial charge >= 0.3 is 0 Å². The summed E-state index contributed by atoms with van der Waals surface area (Å²) in [7, 11) is 1.57. The Morgan fingerprint density at radius 3 is 2.89 bits per heavy atom. The molecule has 2 amide bonds. The van der Waals surface area contributed by atoms with Crippen molar-refractivity contribution >= 4 is 33.7 Å². The topological polar surface area (TPSA) is 114 Å². The molecule has 0 aromatic carbocycles. The van der Waals surface area contributed by atoms with E-state index in [4.69, 9.17) is 4.74 Å². The zero-order valence-electron chi connectivity index (χ0n) is 21.0. The number of ether oxygens (including phenoxy) is 1. The van der Waals surface area contributed by atoms with Gasteiger partial charge in [0.25, 0.3) is 11.8 Å². The maximum atomic E-state index is 13.2. The molecular weight excluding hydrogens is 490 g/mol. The molecule has 0 bridgehead atoms. The normalized spacial score (nSPS) is 15.7. The van der Waals surface area contributed by atoms with E-state index in [9.17, 15) is 9.59 Å². The number of rotatable bonds is 8. The number of hydrogen-bond donors (Lipinski definition) is 2. The fourth-order valence-electron chi connectivity index (χ4n) is 4.52. The predicted octanol–water partition coefficient (Wildman–Crippen LogP) is 3.64. The van der Waals surface area contributed by atoms with E-state index < -0.39 is 0 Å². The molecule has 0 spiro atoms. The fourth-order valence-corrected chi connectivity index (χ4v) is 5.60. The minimum absolute atomic E-state index is 0.212. The summed E-state index contributed by atoms with van der Waals surface area (Å²) in [4.78, 5) is 38.5. The van der Waals surface area contributed by atoms with Gasteiger partial charge in [-0.1, -0.05) is 0 Å². The lowest BCUT2D eigenvalue weighted by atomic mass is 10.2. The van der Waals surface area contributed by atoms with Crippen molar-refractivity contribution in [2.24, 2.45) is 0 Å². The quantitative estimate of drug-likeness (QED) is 0.365. The van der Waals surface area contributed by atoms with Crippen molar-refractivity contribution < 1.29 is 14.3 Å². The van der Waals surface area contributed by atoms with Gasteiger partial charge in [-0.15, -0.1) is 11.3 Å². The first-order valence-corrected chi connectivity index (χ1v) is 13.0. The Balaban J connectivity index is 1.30. The summed E-state index contributed by atoms with van der Waals surface area (Å²) in [6.45, 7) is 6.46. The molecule has 1 aliphatic rings. The van der Waals surface area contributed by atoms with Crippen LogP contribution >= 0.6 is 11.3 Å². The third kappa shape index (κ3) is 5.18. The molecule has 1 fully saturated rings. The number of amides is 2. The third-order valence-electron chi connectivity index (χ3n) is 6.64. The van der Waals surface area contributed by atoms with Crippen LogP contribution < -0.4 is 15.4 Å². The number of aromatic nitrogens is 4. The number of nitrogens with one attached hydrogen (secondary N) is 2. The summed E-state index contributed by atoms with van der Waals surface area (Å²) in [5.74, 6) is -0.0344. The highest BCUT2D eigenvalue weighted by atomic mass is 32.1. The highest BCUT2D eigenvalue weighted by Crippen LogP contribution is 2.35. The Kier molecular flexibility index (Phi) is 7.15. The van der Waals surface area contributed by atoms with Crippen molar-refractivity contribution in [2.75, 3.05) is 32.1 Å². The largest absolute Gasteiger partial charge is 0.481 e. The molecule has 10 nitrogen and oxygen atoms in total. The molecule has 5 rings (SSSR count). The molecule has 11 heteroatoms. The van der Waals surface area contributed by atoms with Gasteiger partial charge in [-0.05, 0) is 51.4 Å². The number of likely N-dealkylation sites (tertiary alicyclic amines) is 1. The average molecular weight is 520 g/mol. The van der Waals surface area contributed by atoms with Crippen LogP contribution in [0, 0.1) is 6.92 Å². The van der Waals surface area contributed by atoms with Gasteiger partial charge in [0.15, 0.2) is 0 Å². The number of carbonyl (C=O) groups excluding carboxylic acids is 2. The minimum atomic E-state index is -0.327. The number of pyridine rings is 2. The Hall–Kier alpha value is -3.83. The molecule has 0 aliphatic carbocycles. The van der Waals surface area contributed by atoms with E-state index in [0.29, 0.717) is 45.8 Å². The smallest absolute Gasteiger partial charge is 0.260 e. The van der Waals surface area contributed by atoms with E-state index >= 15 is 0 Å². The summed E-state index contributed by atoms with van der Waals surface area (Å²) in [5, 5.41) is 10.2. The maximum Gasteiger partial charge on any atom is 0.260 e. The maximum absolute atomic E-state index is 13.2. The minimum Gasteiger partial charge on any atom is -0.481 e. The van der Waals surface area contributed by atoms with Crippen LogP contribution in [0.25, 0.3) is 15.3 Å². The molecule has 37 heavy (non-hydrogen) atoms. The first-order chi connectivity index (χ1) is 17.9. The zero-order chi connectivity index (χ0) is 25.9. The Labute approximate surface area is 218 Å². The molecule has 1 atom stereocenters. The van der Waals surface area contributed by atoms with Crippen molar-refractivity contribution in [3.05, 3.63) is 59.8 Å². The first kappa shape index (κ1) is 24.8. The van der Waals surface area contributed by atoms with Gasteiger partial charge < -0.3 is 15.4 Å². The number of anilines is 1. The molecule has 4 aromatic heterocycles. The van der Waals surface area contributed by atoms with Crippen molar-refractivity contribution in [1.29, 1.82) is 0 Å². The number of hydrogen-bond acceptors (Lipinski definition) is 8. The number of fused-ring (bicyclic) bond motifs is 1. The van der Waals surface area contributed by atoms with Crippen LogP contribution in [-0.4, -0.2) is 69.1 Å². The van der Waals surface area contributed by atoms with Crippen LogP contribution in [0.4, 0.5) is 5.69 Å². The van der Waals surface area contributed by atoms with Crippen LogP contribution in [0.2, 0.25) is 0 Å². The van der Waals surface area contributed by atoms with Gasteiger partial charge in [-0.2, -0.15) is 5.10 Å². The summed E-state index contributed by atoms with van der Waals surface area (Å²) in [6.07, 6.45) is 8.98. The molecule has 0 saturated carbocycles. The fraction of sp³-hybridized carbons (Fsp3) is 0.346. The second-order valence-electron chi connectivity index (χ2n) is 9.06. The Morgan fingerprint density at radius 1 is 1.24 bits per heavy atom. The van der Waals surface area contributed by atoms with Gasteiger partial charge in [-0.25, -0.2) is 9.50 Å². The highest BCUT2D eigenvalue weighted by molar-refractivity contribution is 7.21. The van der Waals surface area contributed by atoms with E-state index in [-0.39, 0.29) is 11.8 Å². The van der Waals surface area contributed by atoms with Crippen molar-refractivity contribution in [1.82, 2.24) is 29.8 Å². The van der Waals surface area contributed by atoms with Gasteiger partial charge in [0.2, 0.25) is 5.88 Å². The van der Waals surface area contributed by atoms with E-state index in [2.05, 4.69) is 37.5 Å². The first-order valence-electron chi connectivity index (χ1n) is 12.2. The summed E-state index contributed by atoms with van der Waals surface area (Å²) >= 11 is 1.42. The van der Waals surface area contributed by atoms with Gasteiger partial charge in [0.1, 0.15) is 4.83 Å². The molecule has 0 radical (unpaired) electrons. The van der Waals surface area contributed by atoms with Gasteiger partial charge in [0, 0.05) is 37.7 Å². The second-order valence-corrected chi connectivity index (χ2v) is 10.1. The standard InChI is InChI=1S/C26H29N7O3S/c1-16-6-5-10-32(16)11-9-27-23(34)18-12-21(17(2)29-13-18)31-24(35)20-14-30-33-15-22(37-26(20)33)19-7-4-8-28-25(19)36-3/h4,7-8,12-16H,5-6,9-11H2,1-3H3,(H,27,34)(H,31,35)/t16-/m1/s1. The number of aryl methyl sites for hydroxylation is 1. The number of nitrogens with zero attached hydrogens (tertiary/aromatic N) is 5. The molecule has 192 valence electrons. The van der Waals surface area contributed by atoms with Crippen molar-refractivity contribution in [2.45, 2.75) is 32.7 Å². The van der Waals surface area contributed by atoms with Crippen LogP contribution in [0.5, 0.6) is 5.88 Å². The average Bonchev–Trinajstić information content (AvgIpc) is 3.61. The van der Waals surface area contributed by atoms with E-state index in [1.807, 2.05) is 18.3 Å². The van der Waals surface area contributed by atoms with E-state index in [1.165, 1.54) is 36.6 Å². The van der Waals surface area contributed by atoms with Crippen molar-refractivity contribution in [3.63, 3.8) is 0 Å². The number of methoxy groups -OCH3 is 1. The van der Waals surface area contributed by atoms with Crippen LogP contribution in [-0.2, 0) is 0 Å². The lowest BCUT2D eigenvalue weighted by Crippen LogP contribution is -2.36. The molecular formula is C26H29N7O3S. The molecule has 1 saturated heterocycles. The van der Waals surface area contributed by atoms with E-state index in [0.717, 1.165) is 23.5 Å². The van der Waals surface area contributed by atoms with Crippen LogP contribution in [0.15, 0.2) is 43.0 Å². The predicted molar refractivity (Wildman–Crippen MR) is 142 cm³/mol. The third-order valence-corrected chi connectivity index (χ3v) is 7.79. The zero-order valence-corrected chi connectivity index (χ0v) is 21.8. The Bertz CT molecular complexity index is 1450. The monoisotopic (exact) mass is 519 g/mol. The van der Waals surface area contributed by atoms with E-state index in [1.54, 1.807) is 30.8 Å². The van der Waals surface area contributed by atoms with Crippen molar-refractivity contribution in [3.8, 4) is 16.3 Å². The highest BCUT2D eigenvalue weighted by Gasteiger charge is 2.21. The molecule has 2 N–H and O–H groups in total. The molecule has 5 heterocycles. The molecule has 0 unspecified atom stereocenters. The lowest BCUT2D eigenvalue weighted by molar-refractivity contribution is 0.0946. The molecule has 4 aromatic rings. The van der Waals surface area contributed by atoms with Gasteiger partial charge in [-0.3, -0.25) is 19.5 Å². The summed E-state index contributed by atoms with van der Waals surface area (Å²) in [5.41, 5.74) is 2.75. The Morgan fingerprint density at radius 2 is 2.11 bits per heavy atom. The summed E-state index contributed by atoms with van der Waals surface area (Å²) < 4.78 is 7.04. The SMILES string of the molecule is COc1ncccc1-c1cn2ncc(C(=O)Nc3cc(C(=O)NCCN4CCC[C@H]4C)cnc3C)c2s1. The lowest BCUT2D eigenvalue weighted by Gasteiger charge is -2.20. The molecule has 1 aliphatic heterocycles. The second kappa shape index (κ2) is 10.7. The van der Waals surface area contributed by atoms with Crippen LogP contribution in [0.3, 0.4) is 0 Å². The van der Waals surface area contributed by atoms with Crippen LogP contribution in [0.1, 0.15) is 46.2 Å². The van der Waals surface area contributed by atoms with Gasteiger partial charge in [0.05, 0.1) is 46.3 Å². The number of thiazole rings is 1.